The first-order chi connectivity index (χ1) is 3.39. The zero-order chi connectivity index (χ0) is 5.11. The molecule has 0 saturated carbocycles. The normalized spacial score (nSPS) is 18.0. The van der Waals surface area contributed by atoms with Gasteiger partial charge in [0.2, 0.25) is 0 Å². The number of amides is 1. The van der Waals surface area contributed by atoms with Crippen LogP contribution in [0.15, 0.2) is 12.4 Å². The Morgan fingerprint density at radius 3 is 2.71 bits per heavy atom. The van der Waals surface area contributed by atoms with Crippen molar-refractivity contribution < 1.29 is 4.79 Å². The van der Waals surface area contributed by atoms with Crippen molar-refractivity contribution in [3.05, 3.63) is 18.9 Å². The Morgan fingerprint density at radius 2 is 2.43 bits per heavy atom. The highest BCUT2D eigenvalue weighted by atomic mass is 16.1. The SMILES string of the molecule is O=C1[C]NC=CN1. The fraction of sp³-hybridized carbons (Fsp3) is 0. The molecule has 0 aromatic rings. The summed E-state index contributed by atoms with van der Waals surface area (Å²) in [5.74, 6) is -0.234. The average molecular weight is 96.1 g/mol. The number of hydrogen-bond donors (Lipinski definition) is 2. The summed E-state index contributed by atoms with van der Waals surface area (Å²) in [6.07, 6.45) is 3.10. The molecule has 1 aliphatic rings. The highest BCUT2D eigenvalue weighted by molar-refractivity contribution is 5.85. The summed E-state index contributed by atoms with van der Waals surface area (Å²) in [5.41, 5.74) is 0. The van der Waals surface area contributed by atoms with Gasteiger partial charge in [0.25, 0.3) is 5.91 Å². The molecule has 1 heterocycles. The maximum absolute atomic E-state index is 10.1. The van der Waals surface area contributed by atoms with E-state index in [1.807, 2.05) is 0 Å². The van der Waals surface area contributed by atoms with Gasteiger partial charge in [-0.15, -0.1) is 0 Å². The highest BCUT2D eigenvalue weighted by Crippen LogP contribution is 1.77. The van der Waals surface area contributed by atoms with E-state index in [1.54, 1.807) is 6.20 Å². The lowest BCUT2D eigenvalue weighted by molar-refractivity contribution is -0.117. The van der Waals surface area contributed by atoms with E-state index in [4.69, 9.17) is 0 Å². The number of carbonyl (C=O) groups excluding carboxylic acids is 1. The van der Waals surface area contributed by atoms with Crippen molar-refractivity contribution in [3.8, 4) is 0 Å². The van der Waals surface area contributed by atoms with Crippen LogP contribution in [-0.2, 0) is 4.79 Å². The van der Waals surface area contributed by atoms with Gasteiger partial charge in [0.1, 0.15) is 0 Å². The van der Waals surface area contributed by atoms with Crippen molar-refractivity contribution in [2.45, 2.75) is 0 Å². The van der Waals surface area contributed by atoms with Gasteiger partial charge in [0.15, 0.2) is 6.54 Å². The molecule has 1 rings (SSSR count). The summed E-state index contributed by atoms with van der Waals surface area (Å²) < 4.78 is 0. The fourth-order valence-corrected chi connectivity index (χ4v) is 0.302. The Labute approximate surface area is 41.4 Å². The van der Waals surface area contributed by atoms with Crippen molar-refractivity contribution in [2.75, 3.05) is 0 Å². The van der Waals surface area contributed by atoms with Gasteiger partial charge >= 0.3 is 0 Å². The first-order valence-corrected chi connectivity index (χ1v) is 1.86. The van der Waals surface area contributed by atoms with Crippen LogP contribution >= 0.6 is 0 Å². The van der Waals surface area contributed by atoms with Gasteiger partial charge in [-0.2, -0.15) is 0 Å². The molecule has 0 spiro atoms. The Kier molecular flexibility index (Phi) is 0.978. The van der Waals surface area contributed by atoms with E-state index in [2.05, 4.69) is 17.2 Å². The molecule has 0 unspecified atom stereocenters. The van der Waals surface area contributed by atoms with E-state index in [1.165, 1.54) is 6.20 Å². The second-order valence-electron chi connectivity index (χ2n) is 1.08. The number of hydrogen-bond acceptors (Lipinski definition) is 2. The maximum atomic E-state index is 10.1. The highest BCUT2D eigenvalue weighted by Gasteiger charge is 1.99. The second-order valence-corrected chi connectivity index (χ2v) is 1.08. The van der Waals surface area contributed by atoms with Gasteiger partial charge in [-0.05, 0) is 0 Å². The number of nitrogens with one attached hydrogen (secondary N) is 2. The standard InChI is InChI=1S/C4H4N2O/c7-4-3-5-1-2-6-4/h1-2,5H,(H,6,7). The van der Waals surface area contributed by atoms with Crippen LogP contribution in [-0.4, -0.2) is 5.91 Å². The van der Waals surface area contributed by atoms with Crippen LogP contribution in [0.4, 0.5) is 0 Å². The van der Waals surface area contributed by atoms with Crippen molar-refractivity contribution in [1.82, 2.24) is 10.6 Å². The van der Waals surface area contributed by atoms with Crippen LogP contribution in [0.2, 0.25) is 0 Å². The smallest absolute Gasteiger partial charge is 0.255 e. The summed E-state index contributed by atoms with van der Waals surface area (Å²) >= 11 is 0. The number of carbonyl (C=O) groups is 1. The second kappa shape index (κ2) is 1.64. The van der Waals surface area contributed by atoms with E-state index in [9.17, 15) is 4.79 Å². The monoisotopic (exact) mass is 96.0 g/mol. The molecule has 0 atom stereocenters. The summed E-state index contributed by atoms with van der Waals surface area (Å²) in [7, 11) is 0. The van der Waals surface area contributed by atoms with E-state index in [0.717, 1.165) is 0 Å². The van der Waals surface area contributed by atoms with Crippen LogP contribution in [0.5, 0.6) is 0 Å². The van der Waals surface area contributed by atoms with E-state index < -0.39 is 0 Å². The molecule has 2 N–H and O–H groups in total. The molecule has 36 valence electrons. The van der Waals surface area contributed by atoms with Gasteiger partial charge in [0.05, 0.1) is 0 Å². The van der Waals surface area contributed by atoms with E-state index in [-0.39, 0.29) is 5.91 Å². The fourth-order valence-electron chi connectivity index (χ4n) is 0.302. The lowest BCUT2D eigenvalue weighted by Crippen LogP contribution is -2.27. The Morgan fingerprint density at radius 1 is 1.57 bits per heavy atom. The van der Waals surface area contributed by atoms with Gasteiger partial charge in [0, 0.05) is 12.4 Å². The lowest BCUT2D eigenvalue weighted by Gasteiger charge is -2.02. The number of rotatable bonds is 0. The molecule has 1 aliphatic heterocycles. The van der Waals surface area contributed by atoms with Crippen LogP contribution in [0.3, 0.4) is 0 Å². The molecule has 0 aliphatic carbocycles. The molecule has 7 heavy (non-hydrogen) atoms. The third-order valence-electron chi connectivity index (χ3n) is 0.567. The minimum atomic E-state index is -0.234. The quantitative estimate of drug-likeness (QED) is 0.415. The first-order valence-electron chi connectivity index (χ1n) is 1.86. The molecule has 3 nitrogen and oxygen atoms in total. The van der Waals surface area contributed by atoms with Crippen LogP contribution < -0.4 is 10.6 Å². The Balaban J connectivity index is 2.47. The lowest BCUT2D eigenvalue weighted by atomic mass is 10.5. The third kappa shape index (κ3) is 0.924. The average Bonchev–Trinajstić information content (AvgIpc) is 1.69. The topological polar surface area (TPSA) is 41.1 Å². The predicted octanol–water partition coefficient (Wildman–Crippen LogP) is -0.784. The van der Waals surface area contributed by atoms with Crippen molar-refractivity contribution in [1.29, 1.82) is 0 Å². The zero-order valence-corrected chi connectivity index (χ0v) is 3.56. The van der Waals surface area contributed by atoms with E-state index in [0.29, 0.717) is 0 Å². The Bertz CT molecular complexity index is 108. The zero-order valence-electron chi connectivity index (χ0n) is 3.56. The summed E-state index contributed by atoms with van der Waals surface area (Å²) in [4.78, 5) is 10.1. The Hall–Kier alpha value is -0.990. The third-order valence-corrected chi connectivity index (χ3v) is 0.567. The van der Waals surface area contributed by atoms with Crippen LogP contribution in [0, 0.1) is 6.54 Å². The minimum absolute atomic E-state index is 0.234. The molecular formula is C4H4N2O. The molecular weight excluding hydrogens is 92.1 g/mol. The molecule has 0 aromatic carbocycles. The molecule has 1 amide bonds. The summed E-state index contributed by atoms with van der Waals surface area (Å²) in [6, 6.07) is 0. The van der Waals surface area contributed by atoms with Crippen molar-refractivity contribution >= 4 is 5.91 Å². The molecule has 2 radical (unpaired) electrons. The van der Waals surface area contributed by atoms with Crippen LogP contribution in [0.1, 0.15) is 0 Å². The van der Waals surface area contributed by atoms with Crippen LogP contribution in [0.25, 0.3) is 0 Å². The summed E-state index contributed by atoms with van der Waals surface area (Å²) in [5, 5.41) is 4.88. The summed E-state index contributed by atoms with van der Waals surface area (Å²) in [6.45, 7) is 2.30. The predicted molar refractivity (Wildman–Crippen MR) is 23.7 cm³/mol. The van der Waals surface area contributed by atoms with Crippen molar-refractivity contribution in [3.63, 3.8) is 0 Å². The molecule has 0 aromatic heterocycles. The largest absolute Gasteiger partial charge is 0.371 e. The van der Waals surface area contributed by atoms with Gasteiger partial charge in [-0.3, -0.25) is 4.79 Å². The maximum Gasteiger partial charge on any atom is 0.255 e. The molecule has 0 fully saturated rings. The van der Waals surface area contributed by atoms with Gasteiger partial charge in [-0.1, -0.05) is 0 Å². The molecule has 3 heteroatoms. The van der Waals surface area contributed by atoms with Gasteiger partial charge in [-0.25, -0.2) is 0 Å². The molecule has 0 bridgehead atoms. The van der Waals surface area contributed by atoms with E-state index >= 15 is 0 Å². The first kappa shape index (κ1) is 4.18. The minimum Gasteiger partial charge on any atom is -0.371 e. The van der Waals surface area contributed by atoms with Crippen molar-refractivity contribution in [2.24, 2.45) is 0 Å². The molecule has 0 saturated heterocycles. The van der Waals surface area contributed by atoms with Gasteiger partial charge < -0.3 is 10.6 Å².